The van der Waals surface area contributed by atoms with Crippen molar-refractivity contribution in [2.24, 2.45) is 0 Å². The number of para-hydroxylation sites is 1. The van der Waals surface area contributed by atoms with Crippen LogP contribution in [0.2, 0.25) is 0 Å². The number of ether oxygens (including phenoxy) is 1. The summed E-state index contributed by atoms with van der Waals surface area (Å²) in [6.07, 6.45) is 1.26. The maximum Gasteiger partial charge on any atom is 0.263 e. The molecule has 1 N–H and O–H groups in total. The van der Waals surface area contributed by atoms with E-state index in [2.05, 4.69) is 26.5 Å². The van der Waals surface area contributed by atoms with Crippen molar-refractivity contribution in [2.45, 2.75) is 25.9 Å². The second-order valence-electron chi connectivity index (χ2n) is 6.87. The highest BCUT2D eigenvalue weighted by Gasteiger charge is 2.31. The first-order chi connectivity index (χ1) is 13.2. The topological polar surface area (TPSA) is 70.6 Å². The minimum atomic E-state index is -0.370. The standard InChI is InChI=1S/C20H25N5O2/c1-2-21-18-9-10-19(23-22-18)24-11-13-25(14-12-24)20(26)17-8-7-15-5-3-4-6-16(15)27-17/h3-6,9-10,17H,2,7-8,11-14H2,1H3,(H,21,22). The molecular formula is C20H25N5O2. The summed E-state index contributed by atoms with van der Waals surface area (Å²) < 4.78 is 5.96. The molecule has 3 heterocycles. The van der Waals surface area contributed by atoms with E-state index in [1.807, 2.05) is 42.2 Å². The van der Waals surface area contributed by atoms with E-state index in [4.69, 9.17) is 4.74 Å². The Hall–Kier alpha value is -2.83. The lowest BCUT2D eigenvalue weighted by atomic mass is 10.0. The predicted octanol–water partition coefficient (Wildman–Crippen LogP) is 1.95. The number of benzene rings is 1. The molecule has 7 nitrogen and oxygen atoms in total. The van der Waals surface area contributed by atoms with Gasteiger partial charge < -0.3 is 19.9 Å². The number of carbonyl (C=O) groups is 1. The number of amides is 1. The van der Waals surface area contributed by atoms with E-state index in [0.717, 1.165) is 49.9 Å². The summed E-state index contributed by atoms with van der Waals surface area (Å²) in [7, 11) is 0. The third kappa shape index (κ3) is 3.82. The van der Waals surface area contributed by atoms with Gasteiger partial charge in [-0.2, -0.15) is 0 Å². The Bertz CT molecular complexity index is 787. The number of hydrogen-bond donors (Lipinski definition) is 1. The highest BCUT2D eigenvalue weighted by molar-refractivity contribution is 5.82. The highest BCUT2D eigenvalue weighted by atomic mass is 16.5. The monoisotopic (exact) mass is 367 g/mol. The zero-order valence-corrected chi connectivity index (χ0v) is 15.6. The fourth-order valence-electron chi connectivity index (χ4n) is 3.63. The first-order valence-electron chi connectivity index (χ1n) is 9.60. The molecular weight excluding hydrogens is 342 g/mol. The maximum absolute atomic E-state index is 12.9. The number of nitrogens with zero attached hydrogens (tertiary/aromatic N) is 4. The van der Waals surface area contributed by atoms with Gasteiger partial charge in [-0.1, -0.05) is 18.2 Å². The molecule has 1 atom stereocenters. The Balaban J connectivity index is 1.33. The predicted molar refractivity (Wildman–Crippen MR) is 104 cm³/mol. The molecule has 142 valence electrons. The Labute approximate surface area is 159 Å². The molecule has 27 heavy (non-hydrogen) atoms. The number of fused-ring (bicyclic) bond motifs is 1. The van der Waals surface area contributed by atoms with Crippen LogP contribution in [0.5, 0.6) is 5.75 Å². The molecule has 0 saturated carbocycles. The number of carbonyl (C=O) groups excluding carboxylic acids is 1. The van der Waals surface area contributed by atoms with Gasteiger partial charge in [0.15, 0.2) is 11.9 Å². The minimum absolute atomic E-state index is 0.0951. The number of nitrogens with one attached hydrogen (secondary N) is 1. The Kier molecular flexibility index (Phi) is 5.09. The summed E-state index contributed by atoms with van der Waals surface area (Å²) in [6, 6.07) is 11.9. The molecule has 1 amide bonds. The van der Waals surface area contributed by atoms with E-state index in [-0.39, 0.29) is 12.0 Å². The van der Waals surface area contributed by atoms with Crippen LogP contribution in [0.25, 0.3) is 0 Å². The number of rotatable bonds is 4. The molecule has 1 aromatic carbocycles. The molecule has 0 aliphatic carbocycles. The van der Waals surface area contributed by atoms with Crippen LogP contribution in [0.3, 0.4) is 0 Å². The van der Waals surface area contributed by atoms with Gasteiger partial charge in [-0.25, -0.2) is 0 Å². The van der Waals surface area contributed by atoms with E-state index in [1.54, 1.807) is 0 Å². The molecule has 2 aliphatic heterocycles. The Morgan fingerprint density at radius 2 is 1.96 bits per heavy atom. The molecule has 0 spiro atoms. The SMILES string of the molecule is CCNc1ccc(N2CCN(C(=O)C3CCc4ccccc4O3)CC2)nn1. The third-order valence-corrected chi connectivity index (χ3v) is 5.12. The smallest absolute Gasteiger partial charge is 0.263 e. The van der Waals surface area contributed by atoms with Gasteiger partial charge in [0.25, 0.3) is 5.91 Å². The summed E-state index contributed by atoms with van der Waals surface area (Å²) in [4.78, 5) is 17.0. The average molecular weight is 367 g/mol. The molecule has 0 radical (unpaired) electrons. The van der Waals surface area contributed by atoms with Crippen LogP contribution in [0.15, 0.2) is 36.4 Å². The lowest BCUT2D eigenvalue weighted by molar-refractivity contribution is -0.139. The van der Waals surface area contributed by atoms with Gasteiger partial charge in [0.1, 0.15) is 11.6 Å². The van der Waals surface area contributed by atoms with Gasteiger partial charge in [-0.3, -0.25) is 4.79 Å². The van der Waals surface area contributed by atoms with Crippen LogP contribution in [0.4, 0.5) is 11.6 Å². The van der Waals surface area contributed by atoms with Crippen molar-refractivity contribution in [1.82, 2.24) is 15.1 Å². The summed E-state index contributed by atoms with van der Waals surface area (Å²) in [5.41, 5.74) is 1.19. The molecule has 2 aromatic rings. The van der Waals surface area contributed by atoms with E-state index in [9.17, 15) is 4.79 Å². The summed E-state index contributed by atoms with van der Waals surface area (Å²) in [5, 5.41) is 11.6. The molecule has 2 aliphatic rings. The van der Waals surface area contributed by atoms with E-state index in [0.29, 0.717) is 13.1 Å². The third-order valence-electron chi connectivity index (χ3n) is 5.12. The molecule has 4 rings (SSSR count). The van der Waals surface area contributed by atoms with Crippen LogP contribution in [0, 0.1) is 0 Å². The van der Waals surface area contributed by atoms with Crippen molar-refractivity contribution in [1.29, 1.82) is 0 Å². The summed E-state index contributed by atoms with van der Waals surface area (Å²) >= 11 is 0. The van der Waals surface area contributed by atoms with Crippen molar-refractivity contribution in [2.75, 3.05) is 42.9 Å². The number of aryl methyl sites for hydroxylation is 1. The second kappa shape index (κ2) is 7.82. The largest absolute Gasteiger partial charge is 0.480 e. The van der Waals surface area contributed by atoms with Gasteiger partial charge in [0, 0.05) is 32.7 Å². The lowest BCUT2D eigenvalue weighted by Gasteiger charge is -2.37. The van der Waals surface area contributed by atoms with Gasteiger partial charge in [-0.15, -0.1) is 10.2 Å². The van der Waals surface area contributed by atoms with E-state index >= 15 is 0 Å². The summed E-state index contributed by atoms with van der Waals surface area (Å²) in [5.74, 6) is 2.57. The number of aromatic nitrogens is 2. The highest BCUT2D eigenvalue weighted by Crippen LogP contribution is 2.28. The van der Waals surface area contributed by atoms with Gasteiger partial charge >= 0.3 is 0 Å². The summed E-state index contributed by atoms with van der Waals surface area (Å²) in [6.45, 7) is 5.71. The van der Waals surface area contributed by atoms with Gasteiger partial charge in [-0.05, 0) is 43.5 Å². The molecule has 1 unspecified atom stereocenters. The molecule has 7 heteroatoms. The van der Waals surface area contributed by atoms with Crippen molar-refractivity contribution in [3.8, 4) is 5.75 Å². The minimum Gasteiger partial charge on any atom is -0.480 e. The Morgan fingerprint density at radius 1 is 1.15 bits per heavy atom. The molecule has 1 fully saturated rings. The maximum atomic E-state index is 12.9. The van der Waals surface area contributed by atoms with Crippen molar-refractivity contribution >= 4 is 17.5 Å². The normalized spacial score (nSPS) is 19.2. The van der Waals surface area contributed by atoms with Crippen LogP contribution in [0.1, 0.15) is 18.9 Å². The van der Waals surface area contributed by atoms with E-state index < -0.39 is 0 Å². The Morgan fingerprint density at radius 3 is 2.70 bits per heavy atom. The van der Waals surface area contributed by atoms with Crippen LogP contribution in [-0.4, -0.2) is 59.8 Å². The van der Waals surface area contributed by atoms with Crippen molar-refractivity contribution in [3.63, 3.8) is 0 Å². The van der Waals surface area contributed by atoms with E-state index in [1.165, 1.54) is 5.56 Å². The zero-order chi connectivity index (χ0) is 18.6. The molecule has 1 aromatic heterocycles. The quantitative estimate of drug-likeness (QED) is 0.891. The van der Waals surface area contributed by atoms with Crippen LogP contribution in [-0.2, 0) is 11.2 Å². The molecule has 1 saturated heterocycles. The fraction of sp³-hybridized carbons (Fsp3) is 0.450. The van der Waals surface area contributed by atoms with Crippen LogP contribution < -0.4 is 15.0 Å². The lowest BCUT2D eigenvalue weighted by Crippen LogP contribution is -2.53. The number of anilines is 2. The van der Waals surface area contributed by atoms with Crippen molar-refractivity contribution in [3.05, 3.63) is 42.0 Å². The number of piperazine rings is 1. The van der Waals surface area contributed by atoms with Crippen molar-refractivity contribution < 1.29 is 9.53 Å². The van der Waals surface area contributed by atoms with Gasteiger partial charge in [0.05, 0.1) is 0 Å². The van der Waals surface area contributed by atoms with Crippen LogP contribution >= 0.6 is 0 Å². The first-order valence-corrected chi connectivity index (χ1v) is 9.60. The fourth-order valence-corrected chi connectivity index (χ4v) is 3.63. The number of hydrogen-bond acceptors (Lipinski definition) is 6. The second-order valence-corrected chi connectivity index (χ2v) is 6.87. The molecule has 0 bridgehead atoms. The van der Waals surface area contributed by atoms with Gasteiger partial charge in [0.2, 0.25) is 0 Å². The average Bonchev–Trinajstić information content (AvgIpc) is 2.74. The first kappa shape index (κ1) is 17.6. The zero-order valence-electron chi connectivity index (χ0n) is 15.6.